The van der Waals surface area contributed by atoms with Gasteiger partial charge in [-0.1, -0.05) is 0 Å². The number of rotatable bonds is 1. The highest BCUT2D eigenvalue weighted by atomic mass is 16.5. The fraction of sp³-hybridized carbons (Fsp3) is 1.00. The van der Waals surface area contributed by atoms with Crippen LogP contribution in [-0.2, 0) is 4.74 Å². The van der Waals surface area contributed by atoms with E-state index in [0.29, 0.717) is 0 Å². The lowest BCUT2D eigenvalue weighted by Gasteiger charge is -2.35. The summed E-state index contributed by atoms with van der Waals surface area (Å²) in [5.41, 5.74) is 11.1. The van der Waals surface area contributed by atoms with E-state index in [0.717, 1.165) is 0 Å². The van der Waals surface area contributed by atoms with Gasteiger partial charge in [-0.3, -0.25) is 0 Å². The lowest BCUT2D eigenvalue weighted by atomic mass is 9.97. The number of hydrogen-bond acceptors (Lipinski definition) is 5. The maximum atomic E-state index is 9.15. The van der Waals surface area contributed by atoms with Gasteiger partial charge in [-0.05, 0) is 0 Å². The lowest BCUT2D eigenvalue weighted by Crippen LogP contribution is -2.62. The van der Waals surface area contributed by atoms with Crippen LogP contribution in [0.25, 0.3) is 0 Å². The SMILES string of the molecule is N[C@H]1[C@H](N)[C@@H](CO)OC[C@@H]1O. The third kappa shape index (κ3) is 1.69. The molecule has 0 radical (unpaired) electrons. The summed E-state index contributed by atoms with van der Waals surface area (Å²) in [7, 11) is 0. The number of aliphatic hydroxyl groups is 2. The highest BCUT2D eigenvalue weighted by Crippen LogP contribution is 2.11. The van der Waals surface area contributed by atoms with Gasteiger partial charge in [-0.15, -0.1) is 0 Å². The van der Waals surface area contributed by atoms with Crippen molar-refractivity contribution >= 4 is 0 Å². The van der Waals surface area contributed by atoms with Crippen LogP contribution in [0.4, 0.5) is 0 Å². The van der Waals surface area contributed by atoms with Gasteiger partial charge in [-0.2, -0.15) is 0 Å². The highest BCUT2D eigenvalue weighted by Gasteiger charge is 2.34. The van der Waals surface area contributed by atoms with Crippen LogP contribution in [-0.4, -0.2) is 47.7 Å². The van der Waals surface area contributed by atoms with E-state index in [1.807, 2.05) is 0 Å². The van der Waals surface area contributed by atoms with E-state index in [1.54, 1.807) is 0 Å². The first-order valence-corrected chi connectivity index (χ1v) is 3.58. The summed E-state index contributed by atoms with van der Waals surface area (Å²) in [6, 6.07) is -0.982. The van der Waals surface area contributed by atoms with E-state index >= 15 is 0 Å². The van der Waals surface area contributed by atoms with Crippen molar-refractivity contribution < 1.29 is 14.9 Å². The number of ether oxygens (including phenoxy) is 1. The van der Waals surface area contributed by atoms with Crippen molar-refractivity contribution in [1.29, 1.82) is 0 Å². The Kier molecular flexibility index (Phi) is 2.80. The van der Waals surface area contributed by atoms with Gasteiger partial charge in [0, 0.05) is 0 Å². The first-order valence-electron chi connectivity index (χ1n) is 3.58. The summed E-state index contributed by atoms with van der Waals surface area (Å²) in [5.74, 6) is 0. The van der Waals surface area contributed by atoms with Gasteiger partial charge in [0.05, 0.1) is 37.5 Å². The van der Waals surface area contributed by atoms with Crippen LogP contribution in [0.15, 0.2) is 0 Å². The van der Waals surface area contributed by atoms with Crippen LogP contribution in [0.1, 0.15) is 0 Å². The normalized spacial score (nSPS) is 45.8. The minimum absolute atomic E-state index is 0.151. The van der Waals surface area contributed by atoms with Crippen molar-refractivity contribution in [2.75, 3.05) is 13.2 Å². The summed E-state index contributed by atoms with van der Waals surface area (Å²) in [6.07, 6.45) is -1.15. The van der Waals surface area contributed by atoms with Gasteiger partial charge in [0.25, 0.3) is 0 Å². The van der Waals surface area contributed by atoms with Crippen molar-refractivity contribution in [3.8, 4) is 0 Å². The average Bonchev–Trinajstić information content (AvgIpc) is 2.01. The lowest BCUT2D eigenvalue weighted by molar-refractivity contribution is -0.0939. The molecule has 0 aromatic rings. The molecule has 0 aromatic heterocycles. The summed E-state index contributed by atoms with van der Waals surface area (Å²) >= 11 is 0. The molecule has 1 fully saturated rings. The Morgan fingerprint density at radius 3 is 2.55 bits per heavy atom. The van der Waals surface area contributed by atoms with Crippen molar-refractivity contribution in [2.24, 2.45) is 11.5 Å². The Morgan fingerprint density at radius 1 is 1.36 bits per heavy atom. The summed E-state index contributed by atoms with van der Waals surface area (Å²) in [4.78, 5) is 0. The maximum absolute atomic E-state index is 9.15. The molecular weight excluding hydrogens is 148 g/mol. The van der Waals surface area contributed by atoms with Crippen LogP contribution in [0.5, 0.6) is 0 Å². The average molecular weight is 162 g/mol. The Morgan fingerprint density at radius 2 is 2.00 bits per heavy atom. The van der Waals surface area contributed by atoms with Gasteiger partial charge in [0.15, 0.2) is 0 Å². The third-order valence-corrected chi connectivity index (χ3v) is 1.98. The first kappa shape index (κ1) is 8.89. The second-order valence-corrected chi connectivity index (χ2v) is 2.78. The van der Waals surface area contributed by atoms with Crippen LogP contribution >= 0.6 is 0 Å². The van der Waals surface area contributed by atoms with Gasteiger partial charge in [0.2, 0.25) is 0 Å². The quantitative estimate of drug-likeness (QED) is 0.338. The molecule has 0 unspecified atom stereocenters. The molecule has 0 bridgehead atoms. The van der Waals surface area contributed by atoms with E-state index in [1.165, 1.54) is 0 Å². The van der Waals surface area contributed by atoms with Gasteiger partial charge >= 0.3 is 0 Å². The van der Waals surface area contributed by atoms with Gasteiger partial charge in [-0.25, -0.2) is 0 Å². The predicted molar refractivity (Wildman–Crippen MR) is 38.8 cm³/mol. The third-order valence-electron chi connectivity index (χ3n) is 1.98. The largest absolute Gasteiger partial charge is 0.394 e. The fourth-order valence-electron chi connectivity index (χ4n) is 1.12. The Labute approximate surface area is 64.9 Å². The predicted octanol–water partition coefficient (Wildman–Crippen LogP) is -2.61. The van der Waals surface area contributed by atoms with Gasteiger partial charge in [0.1, 0.15) is 0 Å². The molecule has 5 heteroatoms. The zero-order valence-electron chi connectivity index (χ0n) is 6.18. The molecule has 1 aliphatic rings. The van der Waals surface area contributed by atoms with Crippen molar-refractivity contribution in [3.63, 3.8) is 0 Å². The molecule has 1 rings (SSSR count). The first-order chi connectivity index (χ1) is 5.16. The van der Waals surface area contributed by atoms with Crippen molar-refractivity contribution in [2.45, 2.75) is 24.3 Å². The number of nitrogens with two attached hydrogens (primary N) is 2. The minimum Gasteiger partial charge on any atom is -0.394 e. The van der Waals surface area contributed by atoms with Crippen LogP contribution in [0.3, 0.4) is 0 Å². The van der Waals surface area contributed by atoms with E-state index < -0.39 is 24.3 Å². The van der Waals surface area contributed by atoms with Crippen LogP contribution in [0.2, 0.25) is 0 Å². The Bertz CT molecular complexity index is 131. The second kappa shape index (κ2) is 3.46. The molecule has 11 heavy (non-hydrogen) atoms. The van der Waals surface area contributed by atoms with E-state index in [-0.39, 0.29) is 13.2 Å². The van der Waals surface area contributed by atoms with E-state index in [4.69, 9.17) is 26.4 Å². The summed E-state index contributed by atoms with van der Waals surface area (Å²) in [6.45, 7) is 0.00167. The molecule has 0 aromatic carbocycles. The molecule has 6 N–H and O–H groups in total. The standard InChI is InChI=1S/C6H14N2O3/c7-5-3(10)2-11-4(1-9)6(5)8/h3-6,9-10H,1-2,7-8H2/t3-,4+,5+,6+/m0/s1. The molecule has 4 atom stereocenters. The summed E-state index contributed by atoms with van der Waals surface area (Å²) in [5, 5.41) is 17.9. The molecule has 0 aliphatic carbocycles. The molecule has 1 aliphatic heterocycles. The van der Waals surface area contributed by atoms with Crippen molar-refractivity contribution in [3.05, 3.63) is 0 Å². The molecule has 0 amide bonds. The zero-order valence-corrected chi connectivity index (χ0v) is 6.18. The van der Waals surface area contributed by atoms with E-state index in [2.05, 4.69) is 0 Å². The molecule has 0 saturated carbocycles. The summed E-state index contributed by atoms with van der Waals surface area (Å²) < 4.78 is 5.02. The van der Waals surface area contributed by atoms with Gasteiger partial charge < -0.3 is 26.4 Å². The molecule has 1 heterocycles. The molecule has 0 spiro atoms. The molecule has 5 nitrogen and oxygen atoms in total. The highest BCUT2D eigenvalue weighted by molar-refractivity contribution is 4.92. The zero-order chi connectivity index (χ0) is 8.43. The van der Waals surface area contributed by atoms with Crippen LogP contribution < -0.4 is 11.5 Å². The molecule has 1 saturated heterocycles. The van der Waals surface area contributed by atoms with Crippen molar-refractivity contribution in [1.82, 2.24) is 0 Å². The number of aliphatic hydroxyl groups excluding tert-OH is 2. The fourth-order valence-corrected chi connectivity index (χ4v) is 1.12. The second-order valence-electron chi connectivity index (χ2n) is 2.78. The Hall–Kier alpha value is -0.200. The molecular formula is C6H14N2O3. The smallest absolute Gasteiger partial charge is 0.0973 e. The maximum Gasteiger partial charge on any atom is 0.0973 e. The monoisotopic (exact) mass is 162 g/mol. The minimum atomic E-state index is -0.715. The van der Waals surface area contributed by atoms with Crippen LogP contribution in [0, 0.1) is 0 Å². The molecule has 66 valence electrons. The number of hydrogen-bond donors (Lipinski definition) is 4. The van der Waals surface area contributed by atoms with E-state index in [9.17, 15) is 0 Å². The Balaban J connectivity index is 2.52. The topological polar surface area (TPSA) is 102 Å².